The van der Waals surface area contributed by atoms with Gasteiger partial charge in [-0.1, -0.05) is 23.7 Å². The van der Waals surface area contributed by atoms with Crippen LogP contribution in [0.15, 0.2) is 47.1 Å². The molecule has 3 nitrogen and oxygen atoms in total. The van der Waals surface area contributed by atoms with Gasteiger partial charge in [0.25, 0.3) is 0 Å². The van der Waals surface area contributed by atoms with Gasteiger partial charge in [-0.15, -0.1) is 0 Å². The molecule has 1 heterocycles. The molecule has 1 unspecified atom stereocenters. The van der Waals surface area contributed by atoms with E-state index >= 15 is 0 Å². The molecule has 2 aromatic rings. The zero-order chi connectivity index (χ0) is 15.5. The highest BCUT2D eigenvalue weighted by Crippen LogP contribution is 2.35. The molecule has 116 valence electrons. The number of hydrogen-bond acceptors (Lipinski definition) is 2. The monoisotopic (exact) mass is 317 g/mol. The molecule has 0 saturated heterocycles. The van der Waals surface area contributed by atoms with Crippen molar-refractivity contribution in [3.8, 4) is 0 Å². The summed E-state index contributed by atoms with van der Waals surface area (Å²) in [6, 6.07) is 12.0. The number of hydrogen-bond donors (Lipinski definition) is 0. The maximum Gasteiger partial charge on any atom is 0.223 e. The van der Waals surface area contributed by atoms with Crippen molar-refractivity contribution in [1.82, 2.24) is 4.90 Å². The number of aryl methyl sites for hydroxylation is 1. The number of amides is 1. The Labute approximate surface area is 135 Å². The molecular weight excluding hydrogens is 298 g/mol. The maximum absolute atomic E-state index is 12.7. The minimum Gasteiger partial charge on any atom is -0.469 e. The second-order valence-corrected chi connectivity index (χ2v) is 6.28. The van der Waals surface area contributed by atoms with Crippen LogP contribution in [0.1, 0.15) is 43.6 Å². The molecule has 1 aromatic heterocycles. The van der Waals surface area contributed by atoms with Crippen molar-refractivity contribution in [2.45, 2.75) is 44.7 Å². The Balaban J connectivity index is 1.68. The third-order valence-corrected chi connectivity index (χ3v) is 4.42. The van der Waals surface area contributed by atoms with E-state index in [0.717, 1.165) is 29.2 Å². The summed E-state index contributed by atoms with van der Waals surface area (Å²) in [5, 5.41) is 0.720. The summed E-state index contributed by atoms with van der Waals surface area (Å²) in [7, 11) is 0. The van der Waals surface area contributed by atoms with Crippen molar-refractivity contribution < 1.29 is 9.21 Å². The first-order chi connectivity index (χ1) is 10.6. The fourth-order valence-electron chi connectivity index (χ4n) is 2.80. The summed E-state index contributed by atoms with van der Waals surface area (Å²) in [6.45, 7) is 2.09. The highest BCUT2D eigenvalue weighted by Gasteiger charge is 2.35. The average molecular weight is 318 g/mol. The van der Waals surface area contributed by atoms with Crippen LogP contribution in [0, 0.1) is 0 Å². The predicted molar refractivity (Wildman–Crippen MR) is 86.8 cm³/mol. The highest BCUT2D eigenvalue weighted by molar-refractivity contribution is 6.30. The van der Waals surface area contributed by atoms with Gasteiger partial charge in [-0.25, -0.2) is 0 Å². The fourth-order valence-corrected chi connectivity index (χ4v) is 2.93. The quantitative estimate of drug-likeness (QED) is 0.779. The molecule has 1 aliphatic rings. The highest BCUT2D eigenvalue weighted by atomic mass is 35.5. The molecule has 1 fully saturated rings. The van der Waals surface area contributed by atoms with E-state index in [1.165, 1.54) is 0 Å². The van der Waals surface area contributed by atoms with Gasteiger partial charge in [-0.2, -0.15) is 0 Å². The zero-order valence-electron chi connectivity index (χ0n) is 12.7. The average Bonchev–Trinajstić information content (AvgIpc) is 3.20. The van der Waals surface area contributed by atoms with Crippen LogP contribution in [0.5, 0.6) is 0 Å². The molecule has 3 rings (SSSR count). The maximum atomic E-state index is 12.7. The third-order valence-electron chi connectivity index (χ3n) is 4.16. The van der Waals surface area contributed by atoms with E-state index in [1.54, 1.807) is 6.26 Å². The first-order valence-electron chi connectivity index (χ1n) is 7.74. The Bertz CT molecular complexity index is 617. The van der Waals surface area contributed by atoms with Crippen LogP contribution in [0.25, 0.3) is 0 Å². The lowest BCUT2D eigenvalue weighted by Gasteiger charge is -2.30. The predicted octanol–water partition coefficient (Wildman–Crippen LogP) is 4.62. The van der Waals surface area contributed by atoms with Gasteiger partial charge in [0.15, 0.2) is 0 Å². The number of nitrogens with zero attached hydrogens (tertiary/aromatic N) is 1. The Morgan fingerprint density at radius 1 is 1.32 bits per heavy atom. The minimum absolute atomic E-state index is 0.0777. The second-order valence-electron chi connectivity index (χ2n) is 5.84. The molecule has 1 amide bonds. The largest absolute Gasteiger partial charge is 0.469 e. The van der Waals surface area contributed by atoms with Crippen LogP contribution in [0.2, 0.25) is 5.02 Å². The number of halogens is 1. The van der Waals surface area contributed by atoms with Crippen LogP contribution in [-0.4, -0.2) is 16.8 Å². The Morgan fingerprint density at radius 2 is 2.05 bits per heavy atom. The number of carbonyl (C=O) groups excluding carboxylic acids is 1. The first kappa shape index (κ1) is 15.2. The summed E-state index contributed by atoms with van der Waals surface area (Å²) in [6.07, 6.45) is 4.99. The normalized spacial score (nSPS) is 15.5. The first-order valence-corrected chi connectivity index (χ1v) is 8.12. The van der Waals surface area contributed by atoms with E-state index in [-0.39, 0.29) is 11.9 Å². The molecule has 22 heavy (non-hydrogen) atoms. The van der Waals surface area contributed by atoms with E-state index in [4.69, 9.17) is 16.0 Å². The van der Waals surface area contributed by atoms with Crippen molar-refractivity contribution in [2.24, 2.45) is 0 Å². The Morgan fingerprint density at radius 3 is 2.64 bits per heavy atom. The van der Waals surface area contributed by atoms with E-state index in [0.29, 0.717) is 18.9 Å². The van der Waals surface area contributed by atoms with Crippen molar-refractivity contribution >= 4 is 17.5 Å². The minimum atomic E-state index is 0.0777. The zero-order valence-corrected chi connectivity index (χ0v) is 13.4. The summed E-state index contributed by atoms with van der Waals surface area (Å²) in [5.74, 6) is 1.06. The smallest absolute Gasteiger partial charge is 0.223 e. The van der Waals surface area contributed by atoms with E-state index < -0.39 is 0 Å². The molecule has 1 aromatic carbocycles. The van der Waals surface area contributed by atoms with Crippen molar-refractivity contribution in [3.63, 3.8) is 0 Å². The van der Waals surface area contributed by atoms with Crippen LogP contribution >= 0.6 is 11.6 Å². The topological polar surface area (TPSA) is 33.5 Å². The van der Waals surface area contributed by atoms with Crippen molar-refractivity contribution in [3.05, 3.63) is 59.0 Å². The lowest BCUT2D eigenvalue weighted by atomic mass is 10.1. The molecule has 4 heteroatoms. The van der Waals surface area contributed by atoms with Crippen LogP contribution in [0.4, 0.5) is 0 Å². The lowest BCUT2D eigenvalue weighted by Crippen LogP contribution is -2.35. The lowest BCUT2D eigenvalue weighted by molar-refractivity contribution is -0.134. The standard InChI is InChI=1S/C18H20ClNO2/c1-13(14-4-6-15(19)7-5-14)20(16-8-9-16)18(21)11-10-17-3-2-12-22-17/h2-7,12-13,16H,8-11H2,1H3. The number of carbonyl (C=O) groups is 1. The molecule has 0 N–H and O–H groups in total. The van der Waals surface area contributed by atoms with Gasteiger partial charge >= 0.3 is 0 Å². The SMILES string of the molecule is CC(c1ccc(Cl)cc1)N(C(=O)CCc1ccco1)C1CC1. The molecular formula is C18H20ClNO2. The van der Waals surface area contributed by atoms with Gasteiger partial charge in [0, 0.05) is 23.9 Å². The fraction of sp³-hybridized carbons (Fsp3) is 0.389. The van der Waals surface area contributed by atoms with Crippen LogP contribution in [0.3, 0.4) is 0 Å². The van der Waals surface area contributed by atoms with E-state index in [2.05, 4.69) is 6.92 Å². The molecule has 1 saturated carbocycles. The van der Waals surface area contributed by atoms with Crippen LogP contribution in [-0.2, 0) is 11.2 Å². The van der Waals surface area contributed by atoms with Crippen molar-refractivity contribution in [2.75, 3.05) is 0 Å². The summed E-state index contributed by atoms with van der Waals surface area (Å²) >= 11 is 5.95. The molecule has 0 spiro atoms. The van der Waals surface area contributed by atoms with Crippen LogP contribution < -0.4 is 0 Å². The molecule has 0 radical (unpaired) electrons. The summed E-state index contributed by atoms with van der Waals surface area (Å²) in [5.41, 5.74) is 1.13. The third kappa shape index (κ3) is 3.53. The molecule has 0 aliphatic heterocycles. The van der Waals surface area contributed by atoms with Gasteiger partial charge in [0.05, 0.1) is 12.3 Å². The number of rotatable bonds is 6. The Kier molecular flexibility index (Phi) is 4.53. The van der Waals surface area contributed by atoms with Gasteiger partial charge in [0.2, 0.25) is 5.91 Å². The molecule has 0 bridgehead atoms. The van der Waals surface area contributed by atoms with Gasteiger partial charge in [0.1, 0.15) is 5.76 Å². The van der Waals surface area contributed by atoms with Crippen molar-refractivity contribution in [1.29, 1.82) is 0 Å². The summed E-state index contributed by atoms with van der Waals surface area (Å²) in [4.78, 5) is 14.7. The van der Waals surface area contributed by atoms with Gasteiger partial charge < -0.3 is 9.32 Å². The van der Waals surface area contributed by atoms with E-state index in [1.807, 2.05) is 41.3 Å². The van der Waals surface area contributed by atoms with E-state index in [9.17, 15) is 4.79 Å². The molecule has 1 aliphatic carbocycles. The summed E-state index contributed by atoms with van der Waals surface area (Å²) < 4.78 is 5.31. The number of furan rings is 1. The van der Waals surface area contributed by atoms with Gasteiger partial charge in [-0.3, -0.25) is 4.79 Å². The Hall–Kier alpha value is -1.74. The van der Waals surface area contributed by atoms with Gasteiger partial charge in [-0.05, 0) is 49.6 Å². The number of benzene rings is 1. The second kappa shape index (κ2) is 6.57. The molecule has 1 atom stereocenters.